The Kier molecular flexibility index (Phi) is 7.91. The molecule has 1 saturated heterocycles. The summed E-state index contributed by atoms with van der Waals surface area (Å²) in [5, 5.41) is 4.14. The van der Waals surface area contributed by atoms with Crippen LogP contribution in [-0.4, -0.2) is 72.8 Å². The number of carbonyl (C=O) groups is 1. The fraction of sp³-hybridized carbons (Fsp3) is 0.444. The van der Waals surface area contributed by atoms with Crippen molar-refractivity contribution < 1.29 is 9.53 Å². The van der Waals surface area contributed by atoms with Crippen LogP contribution in [0.4, 0.5) is 5.82 Å². The number of hydrogen-bond acceptors (Lipinski definition) is 6. The summed E-state index contributed by atoms with van der Waals surface area (Å²) in [6.07, 6.45) is 3.65. The molecule has 0 bridgehead atoms. The maximum absolute atomic E-state index is 12.5. The van der Waals surface area contributed by atoms with Gasteiger partial charge in [-0.3, -0.25) is 9.69 Å². The van der Waals surface area contributed by atoms with Crippen molar-refractivity contribution in [2.45, 2.75) is 31.7 Å². The lowest BCUT2D eigenvalue weighted by Gasteiger charge is -2.29. The number of rotatable bonds is 10. The van der Waals surface area contributed by atoms with E-state index in [0.29, 0.717) is 24.8 Å². The molecule has 2 fully saturated rings. The van der Waals surface area contributed by atoms with Gasteiger partial charge >= 0.3 is 0 Å². The van der Waals surface area contributed by atoms with Gasteiger partial charge in [0.1, 0.15) is 5.82 Å². The highest BCUT2D eigenvalue weighted by Gasteiger charge is 2.24. The number of halogens is 1. The van der Waals surface area contributed by atoms with Crippen LogP contribution >= 0.6 is 15.9 Å². The van der Waals surface area contributed by atoms with Crippen LogP contribution in [0, 0.1) is 0 Å². The van der Waals surface area contributed by atoms with Gasteiger partial charge in [0.15, 0.2) is 5.82 Å². The lowest BCUT2D eigenvalue weighted by molar-refractivity contribution is -0.121. The summed E-state index contributed by atoms with van der Waals surface area (Å²) < 4.78 is 6.49. The average molecular weight is 538 g/mol. The van der Waals surface area contributed by atoms with Crippen LogP contribution in [-0.2, 0) is 9.53 Å². The van der Waals surface area contributed by atoms with Gasteiger partial charge in [-0.15, -0.1) is 0 Å². The van der Waals surface area contributed by atoms with Gasteiger partial charge in [0.25, 0.3) is 0 Å². The standard InChI is InChI=1S/C27H32BrN5O2/c28-21-6-3-5-20(19-21)26-30-24-8-2-1-7-23(24)27(31-26)33(14-11-25(34)29-22-9-10-22)13-4-12-32-15-17-35-18-16-32/h1-3,5-8,19,22H,4,9-18H2,(H,29,34). The molecule has 1 N–H and O–H groups in total. The first-order chi connectivity index (χ1) is 17.2. The minimum Gasteiger partial charge on any atom is -0.379 e. The van der Waals surface area contributed by atoms with E-state index in [1.807, 2.05) is 42.5 Å². The molecule has 0 spiro atoms. The molecule has 7 nitrogen and oxygen atoms in total. The third-order valence-corrected chi connectivity index (χ3v) is 7.02. The summed E-state index contributed by atoms with van der Waals surface area (Å²) in [6, 6.07) is 16.6. The van der Waals surface area contributed by atoms with E-state index in [0.717, 1.165) is 85.4 Å². The molecule has 2 aliphatic rings. The van der Waals surface area contributed by atoms with Crippen molar-refractivity contribution >= 4 is 38.6 Å². The highest BCUT2D eigenvalue weighted by molar-refractivity contribution is 9.10. The van der Waals surface area contributed by atoms with Gasteiger partial charge in [-0.25, -0.2) is 9.97 Å². The third-order valence-electron chi connectivity index (χ3n) is 6.52. The topological polar surface area (TPSA) is 70.6 Å². The molecule has 2 aromatic carbocycles. The number of nitrogens with one attached hydrogen (secondary N) is 1. The van der Waals surface area contributed by atoms with Crippen molar-refractivity contribution in [1.29, 1.82) is 0 Å². The summed E-state index contributed by atoms with van der Waals surface area (Å²) >= 11 is 3.57. The Balaban J connectivity index is 1.42. The molecule has 35 heavy (non-hydrogen) atoms. The van der Waals surface area contributed by atoms with Gasteiger partial charge in [-0.05, 0) is 43.5 Å². The van der Waals surface area contributed by atoms with E-state index in [-0.39, 0.29) is 5.91 Å². The highest BCUT2D eigenvalue weighted by atomic mass is 79.9. The molecule has 1 aromatic heterocycles. The van der Waals surface area contributed by atoms with Crippen molar-refractivity contribution in [2.24, 2.45) is 0 Å². The summed E-state index contributed by atoms with van der Waals surface area (Å²) in [4.78, 5) is 27.2. The summed E-state index contributed by atoms with van der Waals surface area (Å²) in [5.41, 5.74) is 1.87. The second-order valence-corrected chi connectivity index (χ2v) is 10.2. The zero-order chi connectivity index (χ0) is 24.0. The number of carbonyl (C=O) groups excluding carboxylic acids is 1. The SMILES string of the molecule is O=C(CCN(CCCN1CCOCC1)c1nc(-c2cccc(Br)c2)nc2ccccc12)NC1CC1. The first-order valence-electron chi connectivity index (χ1n) is 12.5. The number of amides is 1. The molecule has 5 rings (SSSR count). The minimum absolute atomic E-state index is 0.122. The number of nitrogens with zero attached hydrogens (tertiary/aromatic N) is 4. The smallest absolute Gasteiger partial charge is 0.221 e. The Morgan fingerprint density at radius 2 is 1.91 bits per heavy atom. The van der Waals surface area contributed by atoms with E-state index in [1.54, 1.807) is 0 Å². The Morgan fingerprint density at radius 1 is 1.09 bits per heavy atom. The fourth-order valence-electron chi connectivity index (χ4n) is 4.46. The first kappa shape index (κ1) is 24.2. The summed E-state index contributed by atoms with van der Waals surface area (Å²) in [6.45, 7) is 6.03. The molecular weight excluding hydrogens is 506 g/mol. The highest BCUT2D eigenvalue weighted by Crippen LogP contribution is 2.29. The van der Waals surface area contributed by atoms with Gasteiger partial charge in [0, 0.05) is 60.6 Å². The van der Waals surface area contributed by atoms with Crippen LogP contribution in [0.2, 0.25) is 0 Å². The zero-order valence-corrected chi connectivity index (χ0v) is 21.5. The number of aromatic nitrogens is 2. The summed E-state index contributed by atoms with van der Waals surface area (Å²) in [5.74, 6) is 1.71. The van der Waals surface area contributed by atoms with Crippen LogP contribution in [0.15, 0.2) is 53.0 Å². The van der Waals surface area contributed by atoms with E-state index in [1.165, 1.54) is 0 Å². The van der Waals surface area contributed by atoms with E-state index in [4.69, 9.17) is 14.7 Å². The van der Waals surface area contributed by atoms with E-state index in [2.05, 4.69) is 37.1 Å². The maximum atomic E-state index is 12.5. The van der Waals surface area contributed by atoms with Gasteiger partial charge in [-0.2, -0.15) is 0 Å². The number of ether oxygens (including phenoxy) is 1. The third kappa shape index (κ3) is 6.57. The zero-order valence-electron chi connectivity index (χ0n) is 20.0. The molecule has 1 aliphatic carbocycles. The Hall–Kier alpha value is -2.55. The second kappa shape index (κ2) is 11.5. The maximum Gasteiger partial charge on any atom is 0.221 e. The van der Waals surface area contributed by atoms with Gasteiger partial charge in [-0.1, -0.05) is 40.2 Å². The Bertz CT molecular complexity index is 1160. The van der Waals surface area contributed by atoms with E-state index < -0.39 is 0 Å². The molecular formula is C27H32BrN5O2. The van der Waals surface area contributed by atoms with Crippen molar-refractivity contribution in [3.63, 3.8) is 0 Å². The molecule has 8 heteroatoms. The van der Waals surface area contributed by atoms with Crippen molar-refractivity contribution in [3.8, 4) is 11.4 Å². The Labute approximate surface area is 215 Å². The quantitative estimate of drug-likeness (QED) is 0.416. The fourth-order valence-corrected chi connectivity index (χ4v) is 4.85. The lowest BCUT2D eigenvalue weighted by atomic mass is 10.1. The summed E-state index contributed by atoms with van der Waals surface area (Å²) in [7, 11) is 0. The molecule has 0 unspecified atom stereocenters. The number of hydrogen-bond donors (Lipinski definition) is 1. The van der Waals surface area contributed by atoms with Crippen LogP contribution in [0.5, 0.6) is 0 Å². The van der Waals surface area contributed by atoms with E-state index in [9.17, 15) is 4.79 Å². The molecule has 1 saturated carbocycles. The van der Waals surface area contributed by atoms with E-state index >= 15 is 0 Å². The Morgan fingerprint density at radius 3 is 2.71 bits per heavy atom. The molecule has 1 amide bonds. The average Bonchev–Trinajstić information content (AvgIpc) is 3.70. The number of fused-ring (bicyclic) bond motifs is 1. The van der Waals surface area contributed by atoms with Crippen molar-refractivity contribution in [3.05, 3.63) is 53.0 Å². The van der Waals surface area contributed by atoms with Crippen molar-refractivity contribution in [2.75, 3.05) is 50.8 Å². The predicted molar refractivity (Wildman–Crippen MR) is 143 cm³/mol. The van der Waals surface area contributed by atoms with Gasteiger partial charge in [0.2, 0.25) is 5.91 Å². The minimum atomic E-state index is 0.122. The van der Waals surface area contributed by atoms with Crippen LogP contribution in [0.1, 0.15) is 25.7 Å². The molecule has 0 radical (unpaired) electrons. The number of benzene rings is 2. The molecule has 0 atom stereocenters. The molecule has 2 heterocycles. The second-order valence-electron chi connectivity index (χ2n) is 9.28. The molecule has 184 valence electrons. The normalized spacial score (nSPS) is 16.4. The first-order valence-corrected chi connectivity index (χ1v) is 13.3. The molecule has 3 aromatic rings. The van der Waals surface area contributed by atoms with Crippen LogP contribution in [0.3, 0.4) is 0 Å². The number of para-hydroxylation sites is 1. The molecule has 1 aliphatic heterocycles. The van der Waals surface area contributed by atoms with Gasteiger partial charge in [0.05, 0.1) is 18.7 Å². The van der Waals surface area contributed by atoms with Crippen molar-refractivity contribution in [1.82, 2.24) is 20.2 Å². The predicted octanol–water partition coefficient (Wildman–Crippen LogP) is 4.26. The van der Waals surface area contributed by atoms with Crippen LogP contribution < -0.4 is 10.2 Å². The largest absolute Gasteiger partial charge is 0.379 e. The lowest BCUT2D eigenvalue weighted by Crippen LogP contribution is -2.39. The van der Waals surface area contributed by atoms with Crippen LogP contribution in [0.25, 0.3) is 22.3 Å². The monoisotopic (exact) mass is 537 g/mol. The van der Waals surface area contributed by atoms with Gasteiger partial charge < -0.3 is 15.0 Å². The number of anilines is 1. The number of morpholine rings is 1.